The molecule has 0 aliphatic rings. The third-order valence-electron chi connectivity index (χ3n) is 3.78. The Morgan fingerprint density at radius 1 is 0.958 bits per heavy atom. The lowest BCUT2D eigenvalue weighted by Crippen LogP contribution is -2.02. The molecule has 3 aromatic carbocycles. The third-order valence-corrected chi connectivity index (χ3v) is 3.78. The van der Waals surface area contributed by atoms with Crippen molar-refractivity contribution in [3.05, 3.63) is 95.1 Å². The molecule has 0 aromatic heterocycles. The van der Waals surface area contributed by atoms with E-state index in [4.69, 9.17) is 4.74 Å². The molecule has 24 heavy (non-hydrogen) atoms. The van der Waals surface area contributed by atoms with E-state index in [0.717, 1.165) is 5.56 Å². The lowest BCUT2D eigenvalue weighted by atomic mass is 10.0. The van der Waals surface area contributed by atoms with E-state index >= 15 is 0 Å². The van der Waals surface area contributed by atoms with Crippen molar-refractivity contribution in [2.45, 2.75) is 13.5 Å². The normalized spacial score (nSPS) is 10.4. The maximum Gasteiger partial charge on any atom is 0.196 e. The minimum absolute atomic E-state index is 0.0785. The van der Waals surface area contributed by atoms with Crippen molar-refractivity contribution in [3.8, 4) is 11.5 Å². The first kappa shape index (κ1) is 15.8. The van der Waals surface area contributed by atoms with Crippen LogP contribution in [0.1, 0.15) is 27.0 Å². The van der Waals surface area contributed by atoms with Crippen molar-refractivity contribution in [1.29, 1.82) is 0 Å². The Labute approximate surface area is 141 Å². The third kappa shape index (κ3) is 3.63. The molecule has 0 fully saturated rings. The monoisotopic (exact) mass is 318 g/mol. The lowest BCUT2D eigenvalue weighted by molar-refractivity contribution is 0.103. The molecule has 0 aliphatic carbocycles. The number of carbonyl (C=O) groups is 1. The first-order valence-corrected chi connectivity index (χ1v) is 7.74. The zero-order valence-electron chi connectivity index (χ0n) is 13.4. The molecule has 0 saturated carbocycles. The Balaban J connectivity index is 1.72. The molecular weight excluding hydrogens is 300 g/mol. The number of hydrogen-bond donors (Lipinski definition) is 1. The fourth-order valence-corrected chi connectivity index (χ4v) is 2.39. The van der Waals surface area contributed by atoms with Gasteiger partial charge in [-0.2, -0.15) is 0 Å². The minimum atomic E-state index is -0.210. The standard InChI is InChI=1S/C21H18O3/c1-15-7-9-16(10-8-15)14-24-18-11-12-19(20(22)13-18)21(23)17-5-3-2-4-6-17/h2-13,22H,14H2,1H3. The molecule has 1 N–H and O–H groups in total. The van der Waals surface area contributed by atoms with Crippen LogP contribution >= 0.6 is 0 Å². The van der Waals surface area contributed by atoms with Crippen molar-refractivity contribution in [1.82, 2.24) is 0 Å². The number of rotatable bonds is 5. The van der Waals surface area contributed by atoms with Gasteiger partial charge in [-0.1, -0.05) is 60.2 Å². The first-order valence-electron chi connectivity index (χ1n) is 7.74. The summed E-state index contributed by atoms with van der Waals surface area (Å²) < 4.78 is 5.68. The molecular formula is C21H18O3. The molecule has 0 spiro atoms. The van der Waals surface area contributed by atoms with Crippen LogP contribution in [0, 0.1) is 6.92 Å². The van der Waals surface area contributed by atoms with Gasteiger partial charge in [0.25, 0.3) is 0 Å². The van der Waals surface area contributed by atoms with Gasteiger partial charge in [0.1, 0.15) is 18.1 Å². The van der Waals surface area contributed by atoms with Gasteiger partial charge in [-0.15, -0.1) is 0 Å². The van der Waals surface area contributed by atoms with Gasteiger partial charge in [-0.25, -0.2) is 0 Å². The summed E-state index contributed by atoms with van der Waals surface area (Å²) in [6, 6.07) is 21.7. The van der Waals surface area contributed by atoms with Crippen LogP contribution in [0.5, 0.6) is 11.5 Å². The van der Waals surface area contributed by atoms with Crippen LogP contribution < -0.4 is 4.74 Å². The predicted molar refractivity (Wildman–Crippen MR) is 93.5 cm³/mol. The number of aryl methyl sites for hydroxylation is 1. The summed E-state index contributed by atoms with van der Waals surface area (Å²) in [7, 11) is 0. The van der Waals surface area contributed by atoms with Gasteiger partial charge in [-0.3, -0.25) is 4.79 Å². The second kappa shape index (κ2) is 7.01. The largest absolute Gasteiger partial charge is 0.507 e. The number of ketones is 1. The van der Waals surface area contributed by atoms with Crippen LogP contribution in [0.25, 0.3) is 0 Å². The number of carbonyl (C=O) groups excluding carboxylic acids is 1. The van der Waals surface area contributed by atoms with E-state index in [1.54, 1.807) is 36.4 Å². The van der Waals surface area contributed by atoms with Crippen molar-refractivity contribution in [3.63, 3.8) is 0 Å². The van der Waals surface area contributed by atoms with Crippen LogP contribution in [-0.2, 0) is 6.61 Å². The summed E-state index contributed by atoms with van der Waals surface area (Å²) in [5.41, 5.74) is 3.05. The van der Waals surface area contributed by atoms with Crippen LogP contribution in [0.15, 0.2) is 72.8 Å². The maximum atomic E-state index is 12.4. The molecule has 120 valence electrons. The molecule has 0 atom stereocenters. The Hall–Kier alpha value is -3.07. The number of hydrogen-bond acceptors (Lipinski definition) is 3. The molecule has 3 heteroatoms. The molecule has 3 aromatic rings. The summed E-state index contributed by atoms with van der Waals surface area (Å²) in [5, 5.41) is 10.2. The lowest BCUT2D eigenvalue weighted by Gasteiger charge is -2.09. The topological polar surface area (TPSA) is 46.5 Å². The van der Waals surface area contributed by atoms with E-state index in [-0.39, 0.29) is 17.1 Å². The number of phenolic OH excluding ortho intramolecular Hbond substituents is 1. The van der Waals surface area contributed by atoms with E-state index in [0.29, 0.717) is 17.9 Å². The molecule has 3 rings (SSSR count). The quantitative estimate of drug-likeness (QED) is 0.704. The average Bonchev–Trinajstić information content (AvgIpc) is 2.61. The van der Waals surface area contributed by atoms with E-state index in [1.807, 2.05) is 37.3 Å². The number of ether oxygens (including phenoxy) is 1. The van der Waals surface area contributed by atoms with Gasteiger partial charge in [0.05, 0.1) is 5.56 Å². The number of benzene rings is 3. The first-order chi connectivity index (χ1) is 11.6. The Kier molecular flexibility index (Phi) is 4.62. The van der Waals surface area contributed by atoms with E-state index in [2.05, 4.69) is 0 Å². The van der Waals surface area contributed by atoms with Crippen LogP contribution in [-0.4, -0.2) is 10.9 Å². The Bertz CT molecular complexity index is 837. The summed E-state index contributed by atoms with van der Waals surface area (Å²) in [6.07, 6.45) is 0. The van der Waals surface area contributed by atoms with Crippen molar-refractivity contribution >= 4 is 5.78 Å². The summed E-state index contributed by atoms with van der Waals surface area (Å²) >= 11 is 0. The minimum Gasteiger partial charge on any atom is -0.507 e. The van der Waals surface area contributed by atoms with Crippen molar-refractivity contribution < 1.29 is 14.6 Å². The molecule has 0 bridgehead atoms. The molecule has 3 nitrogen and oxygen atoms in total. The zero-order chi connectivity index (χ0) is 16.9. The average molecular weight is 318 g/mol. The van der Waals surface area contributed by atoms with Crippen molar-refractivity contribution in [2.24, 2.45) is 0 Å². The van der Waals surface area contributed by atoms with E-state index in [1.165, 1.54) is 11.6 Å². The van der Waals surface area contributed by atoms with E-state index < -0.39 is 0 Å². The second-order valence-electron chi connectivity index (χ2n) is 5.65. The van der Waals surface area contributed by atoms with Crippen LogP contribution in [0.4, 0.5) is 0 Å². The van der Waals surface area contributed by atoms with Gasteiger partial charge in [0.15, 0.2) is 5.78 Å². The molecule has 0 amide bonds. The number of phenols is 1. The van der Waals surface area contributed by atoms with Gasteiger partial charge >= 0.3 is 0 Å². The molecule has 0 saturated heterocycles. The van der Waals surface area contributed by atoms with Crippen molar-refractivity contribution in [2.75, 3.05) is 0 Å². The fraction of sp³-hybridized carbons (Fsp3) is 0.0952. The van der Waals surface area contributed by atoms with Crippen LogP contribution in [0.3, 0.4) is 0 Å². The highest BCUT2D eigenvalue weighted by molar-refractivity contribution is 6.10. The second-order valence-corrected chi connectivity index (χ2v) is 5.65. The van der Waals surface area contributed by atoms with Crippen LogP contribution in [0.2, 0.25) is 0 Å². The highest BCUT2D eigenvalue weighted by Gasteiger charge is 2.14. The highest BCUT2D eigenvalue weighted by Crippen LogP contribution is 2.26. The Morgan fingerprint density at radius 2 is 1.67 bits per heavy atom. The Morgan fingerprint density at radius 3 is 2.33 bits per heavy atom. The zero-order valence-corrected chi connectivity index (χ0v) is 13.4. The van der Waals surface area contributed by atoms with Gasteiger partial charge in [0.2, 0.25) is 0 Å². The molecule has 0 radical (unpaired) electrons. The summed E-state index contributed by atoms with van der Waals surface area (Å²) in [6.45, 7) is 2.44. The van der Waals surface area contributed by atoms with E-state index in [9.17, 15) is 9.90 Å². The SMILES string of the molecule is Cc1ccc(COc2ccc(C(=O)c3ccccc3)c(O)c2)cc1. The number of aromatic hydroxyl groups is 1. The van der Waals surface area contributed by atoms with Gasteiger partial charge in [-0.05, 0) is 24.6 Å². The van der Waals surface area contributed by atoms with Gasteiger partial charge < -0.3 is 9.84 Å². The fourth-order valence-electron chi connectivity index (χ4n) is 2.39. The van der Waals surface area contributed by atoms with Gasteiger partial charge in [0, 0.05) is 11.6 Å². The smallest absolute Gasteiger partial charge is 0.196 e. The summed E-state index contributed by atoms with van der Waals surface area (Å²) in [4.78, 5) is 12.4. The highest BCUT2D eigenvalue weighted by atomic mass is 16.5. The molecule has 0 unspecified atom stereocenters. The summed E-state index contributed by atoms with van der Waals surface area (Å²) in [5.74, 6) is 0.237. The predicted octanol–water partition coefficient (Wildman–Crippen LogP) is 4.51. The maximum absolute atomic E-state index is 12.4. The molecule has 0 heterocycles. The molecule has 0 aliphatic heterocycles.